The lowest BCUT2D eigenvalue weighted by molar-refractivity contribution is 0.462. The van der Waals surface area contributed by atoms with Crippen LogP contribution in [0.3, 0.4) is 0 Å². The Morgan fingerprint density at radius 1 is 1.36 bits per heavy atom. The van der Waals surface area contributed by atoms with Gasteiger partial charge in [-0.15, -0.1) is 11.3 Å². The molecule has 0 amide bonds. The maximum Gasteiger partial charge on any atom is 0.191 e. The third-order valence-electron chi connectivity index (χ3n) is 4.34. The first-order chi connectivity index (χ1) is 12.2. The van der Waals surface area contributed by atoms with Crippen LogP contribution in [0.25, 0.3) is 0 Å². The fraction of sp³-hybridized carbons (Fsp3) is 0.389. The predicted molar refractivity (Wildman–Crippen MR) is 107 cm³/mol. The molecule has 7 heteroatoms. The van der Waals surface area contributed by atoms with Gasteiger partial charge >= 0.3 is 0 Å². The highest BCUT2D eigenvalue weighted by Gasteiger charge is 2.20. The van der Waals surface area contributed by atoms with Gasteiger partial charge in [-0.25, -0.2) is 4.39 Å². The molecule has 1 aliphatic heterocycles. The highest BCUT2D eigenvalue weighted by Crippen LogP contribution is 2.24. The number of benzene rings is 1. The van der Waals surface area contributed by atoms with Crippen molar-refractivity contribution in [1.82, 2.24) is 10.6 Å². The molecule has 134 valence electrons. The molecule has 25 heavy (non-hydrogen) atoms. The topological polar surface area (TPSA) is 39.7 Å². The van der Waals surface area contributed by atoms with Gasteiger partial charge in [-0.1, -0.05) is 22.0 Å². The number of thiophene rings is 1. The van der Waals surface area contributed by atoms with Gasteiger partial charge in [0.25, 0.3) is 0 Å². The summed E-state index contributed by atoms with van der Waals surface area (Å²) in [5, 5.41) is 10.1. The number of aliphatic imine (C=N–C) groups is 1. The van der Waals surface area contributed by atoms with Crippen molar-refractivity contribution in [3.63, 3.8) is 0 Å². The second-order valence-corrected chi connectivity index (χ2v) is 7.86. The van der Waals surface area contributed by atoms with E-state index in [1.807, 2.05) is 6.07 Å². The summed E-state index contributed by atoms with van der Waals surface area (Å²) in [5.41, 5.74) is 0.624. The second-order valence-electron chi connectivity index (χ2n) is 6.02. The van der Waals surface area contributed by atoms with Crippen molar-refractivity contribution in [3.05, 3.63) is 51.6 Å². The smallest absolute Gasteiger partial charge is 0.191 e. The number of halogens is 2. The van der Waals surface area contributed by atoms with Crippen molar-refractivity contribution < 1.29 is 4.39 Å². The number of piperidine rings is 1. The van der Waals surface area contributed by atoms with E-state index in [1.54, 1.807) is 24.5 Å². The number of anilines is 1. The fourth-order valence-corrected chi connectivity index (χ4v) is 4.04. The van der Waals surface area contributed by atoms with Gasteiger partial charge in [-0.2, -0.15) is 0 Å². The lowest BCUT2D eigenvalue weighted by Crippen LogP contribution is -2.48. The van der Waals surface area contributed by atoms with E-state index < -0.39 is 0 Å². The Labute approximate surface area is 160 Å². The molecule has 1 aromatic heterocycles. The maximum atomic E-state index is 13.9. The Kier molecular flexibility index (Phi) is 6.31. The monoisotopic (exact) mass is 424 g/mol. The van der Waals surface area contributed by atoms with Gasteiger partial charge in [-0.3, -0.25) is 4.99 Å². The number of rotatable bonds is 4. The van der Waals surface area contributed by atoms with Crippen LogP contribution in [-0.2, 0) is 6.54 Å². The summed E-state index contributed by atoms with van der Waals surface area (Å²) in [5.74, 6) is 0.499. The second kappa shape index (κ2) is 8.67. The first-order valence-electron chi connectivity index (χ1n) is 8.35. The van der Waals surface area contributed by atoms with Gasteiger partial charge in [0.05, 0.1) is 5.00 Å². The van der Waals surface area contributed by atoms with Gasteiger partial charge in [-0.05, 0) is 42.5 Å². The molecule has 2 aromatic rings. The third kappa shape index (κ3) is 4.95. The van der Waals surface area contributed by atoms with Gasteiger partial charge in [0.15, 0.2) is 5.96 Å². The zero-order chi connectivity index (χ0) is 17.6. The molecule has 0 unspecified atom stereocenters. The van der Waals surface area contributed by atoms with E-state index in [4.69, 9.17) is 0 Å². The normalized spacial score (nSPS) is 16.1. The predicted octanol–water partition coefficient (Wildman–Crippen LogP) is 3.98. The van der Waals surface area contributed by atoms with Crippen molar-refractivity contribution in [3.8, 4) is 0 Å². The standard InChI is InChI=1S/C18H22BrFN4S/c1-21-18(22-12-13-4-5-14(19)11-16(13)20)23-15-6-8-24(9-7-15)17-3-2-10-25-17/h2-5,10-11,15H,6-9,12H2,1H3,(H2,21,22,23). The number of nitrogens with zero attached hydrogens (tertiary/aromatic N) is 2. The average molecular weight is 425 g/mol. The molecule has 0 bridgehead atoms. The molecular weight excluding hydrogens is 403 g/mol. The minimum atomic E-state index is -0.221. The van der Waals surface area contributed by atoms with Crippen LogP contribution in [0.1, 0.15) is 18.4 Å². The van der Waals surface area contributed by atoms with E-state index in [2.05, 4.69) is 54.0 Å². The first kappa shape index (κ1) is 18.2. The van der Waals surface area contributed by atoms with E-state index in [0.29, 0.717) is 18.2 Å². The summed E-state index contributed by atoms with van der Waals surface area (Å²) in [6.45, 7) is 2.49. The molecule has 0 spiro atoms. The molecule has 1 aliphatic rings. The molecular formula is C18H22BrFN4S. The molecule has 4 nitrogen and oxygen atoms in total. The average Bonchev–Trinajstić information content (AvgIpc) is 3.15. The summed E-state index contributed by atoms with van der Waals surface area (Å²) >= 11 is 5.06. The minimum Gasteiger partial charge on any atom is -0.363 e. The van der Waals surface area contributed by atoms with Gasteiger partial charge in [0, 0.05) is 42.8 Å². The van der Waals surface area contributed by atoms with E-state index in [0.717, 1.165) is 36.4 Å². The summed E-state index contributed by atoms with van der Waals surface area (Å²) in [7, 11) is 1.74. The third-order valence-corrected chi connectivity index (χ3v) is 5.76. The molecule has 1 aromatic carbocycles. The quantitative estimate of drug-likeness (QED) is 0.575. The number of nitrogens with one attached hydrogen (secondary N) is 2. The van der Waals surface area contributed by atoms with E-state index >= 15 is 0 Å². The molecule has 2 heterocycles. The Bertz CT molecular complexity index is 712. The van der Waals surface area contributed by atoms with Crippen LogP contribution in [0, 0.1) is 5.82 Å². The van der Waals surface area contributed by atoms with Crippen molar-refractivity contribution in [2.24, 2.45) is 4.99 Å². The Morgan fingerprint density at radius 3 is 2.80 bits per heavy atom. The number of hydrogen-bond acceptors (Lipinski definition) is 3. The molecule has 1 saturated heterocycles. The number of hydrogen-bond donors (Lipinski definition) is 2. The van der Waals surface area contributed by atoms with E-state index in [1.165, 1.54) is 11.1 Å². The summed E-state index contributed by atoms with van der Waals surface area (Å²) < 4.78 is 14.7. The molecule has 0 aliphatic carbocycles. The van der Waals surface area contributed by atoms with E-state index in [-0.39, 0.29) is 5.82 Å². The van der Waals surface area contributed by atoms with Crippen molar-refractivity contribution in [1.29, 1.82) is 0 Å². The summed E-state index contributed by atoms with van der Waals surface area (Å²) in [4.78, 5) is 6.69. The highest BCUT2D eigenvalue weighted by atomic mass is 79.9. The van der Waals surface area contributed by atoms with Crippen LogP contribution in [0.4, 0.5) is 9.39 Å². The van der Waals surface area contributed by atoms with E-state index in [9.17, 15) is 4.39 Å². The number of guanidine groups is 1. The van der Waals surface area contributed by atoms with Crippen LogP contribution in [-0.4, -0.2) is 32.1 Å². The molecule has 1 fully saturated rings. The summed E-state index contributed by atoms with van der Waals surface area (Å²) in [6.07, 6.45) is 2.12. The molecule has 3 rings (SSSR count). The molecule has 0 saturated carbocycles. The maximum absolute atomic E-state index is 13.9. The van der Waals surface area contributed by atoms with Crippen molar-refractivity contribution in [2.45, 2.75) is 25.4 Å². The first-order valence-corrected chi connectivity index (χ1v) is 10.0. The van der Waals surface area contributed by atoms with Gasteiger partial charge in [0.1, 0.15) is 5.82 Å². The SMILES string of the molecule is CN=C(NCc1ccc(Br)cc1F)NC1CCN(c2cccs2)CC1. The van der Waals surface area contributed by atoms with Crippen LogP contribution < -0.4 is 15.5 Å². The molecule has 0 atom stereocenters. The largest absolute Gasteiger partial charge is 0.363 e. The van der Waals surface area contributed by atoms with Crippen molar-refractivity contribution >= 4 is 38.2 Å². The van der Waals surface area contributed by atoms with Crippen LogP contribution in [0.15, 0.2) is 45.2 Å². The zero-order valence-corrected chi connectivity index (χ0v) is 16.5. The van der Waals surface area contributed by atoms with Gasteiger partial charge in [0.2, 0.25) is 0 Å². The van der Waals surface area contributed by atoms with Crippen LogP contribution >= 0.6 is 27.3 Å². The Balaban J connectivity index is 1.48. The highest BCUT2D eigenvalue weighted by molar-refractivity contribution is 9.10. The Hall–Kier alpha value is -1.60. The van der Waals surface area contributed by atoms with Crippen molar-refractivity contribution in [2.75, 3.05) is 25.0 Å². The fourth-order valence-electron chi connectivity index (χ4n) is 2.93. The zero-order valence-electron chi connectivity index (χ0n) is 14.1. The Morgan fingerprint density at radius 2 is 2.16 bits per heavy atom. The van der Waals surface area contributed by atoms with Gasteiger partial charge < -0.3 is 15.5 Å². The lowest BCUT2D eigenvalue weighted by atomic mass is 10.1. The lowest BCUT2D eigenvalue weighted by Gasteiger charge is -2.33. The van der Waals surface area contributed by atoms with Crippen LogP contribution in [0.2, 0.25) is 0 Å². The van der Waals surface area contributed by atoms with Crippen LogP contribution in [0.5, 0.6) is 0 Å². The summed E-state index contributed by atoms with van der Waals surface area (Å²) in [6, 6.07) is 9.75. The minimum absolute atomic E-state index is 0.221. The molecule has 0 radical (unpaired) electrons. The molecule has 2 N–H and O–H groups in total.